The minimum absolute atomic E-state index is 0.244. The molecule has 0 radical (unpaired) electrons. The lowest BCUT2D eigenvalue weighted by atomic mass is 10.0. The molecule has 0 aromatic heterocycles. The van der Waals surface area contributed by atoms with E-state index >= 15 is 0 Å². The summed E-state index contributed by atoms with van der Waals surface area (Å²) < 4.78 is 16.8. The van der Waals surface area contributed by atoms with E-state index in [1.54, 1.807) is 24.3 Å². The number of ether oxygens (including phenoxy) is 3. The Balaban J connectivity index is 1.87. The van der Waals surface area contributed by atoms with E-state index in [2.05, 4.69) is 12.2 Å². The summed E-state index contributed by atoms with van der Waals surface area (Å²) >= 11 is 0. The van der Waals surface area contributed by atoms with Crippen LogP contribution in [0.15, 0.2) is 54.2 Å². The molecule has 0 spiro atoms. The summed E-state index contributed by atoms with van der Waals surface area (Å²) in [6, 6.07) is 14.6. The van der Waals surface area contributed by atoms with Crippen molar-refractivity contribution in [3.63, 3.8) is 0 Å². The van der Waals surface area contributed by atoms with Gasteiger partial charge in [-0.25, -0.2) is 0 Å². The number of anilines is 1. The smallest absolute Gasteiger partial charge is 0.278 e. The molecular weight excluding hydrogens is 432 g/mol. The standard InChI is InChI=1S/C27H34N2O5/c1-4-7-18-32-19-10-17-29-26(30)24(20-13-15-21(16-14-20)33-5-2)25(27(29)31)28-22-11-8-9-12-23(22)34-6-3/h8-9,11-16,28H,4-7,10,17-19H2,1-3H3. The van der Waals surface area contributed by atoms with Gasteiger partial charge in [0.25, 0.3) is 11.8 Å². The average molecular weight is 467 g/mol. The van der Waals surface area contributed by atoms with Crippen molar-refractivity contribution in [1.82, 2.24) is 4.90 Å². The summed E-state index contributed by atoms with van der Waals surface area (Å²) in [7, 11) is 0. The Morgan fingerprint density at radius 3 is 2.24 bits per heavy atom. The molecule has 34 heavy (non-hydrogen) atoms. The zero-order valence-corrected chi connectivity index (χ0v) is 20.3. The number of carbonyl (C=O) groups excluding carboxylic acids is 2. The first-order valence-corrected chi connectivity index (χ1v) is 12.0. The molecular formula is C27H34N2O5. The van der Waals surface area contributed by atoms with Crippen LogP contribution in [0, 0.1) is 0 Å². The molecule has 2 amide bonds. The molecule has 0 saturated carbocycles. The predicted molar refractivity (Wildman–Crippen MR) is 133 cm³/mol. The summed E-state index contributed by atoms with van der Waals surface area (Å²) in [6.07, 6.45) is 2.65. The molecule has 2 aromatic rings. The van der Waals surface area contributed by atoms with E-state index in [9.17, 15) is 9.59 Å². The minimum atomic E-state index is -0.353. The second-order valence-electron chi connectivity index (χ2n) is 7.84. The van der Waals surface area contributed by atoms with Gasteiger partial charge >= 0.3 is 0 Å². The van der Waals surface area contributed by atoms with Crippen molar-refractivity contribution in [3.8, 4) is 11.5 Å². The van der Waals surface area contributed by atoms with E-state index in [-0.39, 0.29) is 17.5 Å². The van der Waals surface area contributed by atoms with Crippen LogP contribution in [0.2, 0.25) is 0 Å². The van der Waals surface area contributed by atoms with E-state index in [0.29, 0.717) is 67.7 Å². The van der Waals surface area contributed by atoms with Crippen molar-refractivity contribution in [2.24, 2.45) is 0 Å². The van der Waals surface area contributed by atoms with Gasteiger partial charge in [0.2, 0.25) is 0 Å². The largest absolute Gasteiger partial charge is 0.494 e. The van der Waals surface area contributed by atoms with Gasteiger partial charge in [0.15, 0.2) is 0 Å². The van der Waals surface area contributed by atoms with Gasteiger partial charge in [-0.15, -0.1) is 0 Å². The first kappa shape index (κ1) is 25.3. The number of rotatable bonds is 14. The first-order valence-electron chi connectivity index (χ1n) is 12.0. The van der Waals surface area contributed by atoms with Crippen molar-refractivity contribution >= 4 is 23.1 Å². The molecule has 0 saturated heterocycles. The molecule has 7 nitrogen and oxygen atoms in total. The SMILES string of the molecule is CCCCOCCCN1C(=O)C(Nc2ccccc2OCC)=C(c2ccc(OCC)cc2)C1=O. The minimum Gasteiger partial charge on any atom is -0.494 e. The quantitative estimate of drug-likeness (QED) is 0.316. The van der Waals surface area contributed by atoms with Crippen LogP contribution in [0.1, 0.15) is 45.6 Å². The van der Waals surface area contributed by atoms with E-state index < -0.39 is 0 Å². The summed E-state index contributed by atoms with van der Waals surface area (Å²) in [5, 5.41) is 3.19. The van der Waals surface area contributed by atoms with Crippen molar-refractivity contribution in [2.75, 3.05) is 38.3 Å². The van der Waals surface area contributed by atoms with Gasteiger partial charge in [-0.3, -0.25) is 14.5 Å². The molecule has 1 aliphatic rings. The van der Waals surface area contributed by atoms with Crippen LogP contribution >= 0.6 is 0 Å². The Morgan fingerprint density at radius 2 is 1.53 bits per heavy atom. The molecule has 0 aliphatic carbocycles. The van der Waals surface area contributed by atoms with Gasteiger partial charge in [-0.1, -0.05) is 37.6 Å². The number of nitrogens with one attached hydrogen (secondary N) is 1. The number of hydrogen-bond donors (Lipinski definition) is 1. The fraction of sp³-hybridized carbons (Fsp3) is 0.407. The highest BCUT2D eigenvalue weighted by Crippen LogP contribution is 2.34. The topological polar surface area (TPSA) is 77.1 Å². The maximum atomic E-state index is 13.4. The molecule has 3 rings (SSSR count). The van der Waals surface area contributed by atoms with Crippen LogP contribution in [0.4, 0.5) is 5.69 Å². The van der Waals surface area contributed by atoms with Gasteiger partial charge in [0, 0.05) is 19.8 Å². The molecule has 182 valence electrons. The first-order chi connectivity index (χ1) is 16.6. The zero-order chi connectivity index (χ0) is 24.3. The normalized spacial score (nSPS) is 13.6. The lowest BCUT2D eigenvalue weighted by Crippen LogP contribution is -2.34. The van der Waals surface area contributed by atoms with E-state index in [1.165, 1.54) is 4.90 Å². The Kier molecular flexibility index (Phi) is 9.52. The molecule has 0 bridgehead atoms. The Hall–Kier alpha value is -3.32. The summed E-state index contributed by atoms with van der Waals surface area (Å²) in [5.41, 5.74) is 1.87. The van der Waals surface area contributed by atoms with Crippen LogP contribution in [0.5, 0.6) is 11.5 Å². The maximum Gasteiger partial charge on any atom is 0.278 e. The molecule has 0 fully saturated rings. The predicted octanol–water partition coefficient (Wildman–Crippen LogP) is 4.88. The van der Waals surface area contributed by atoms with Crippen LogP contribution in [-0.4, -0.2) is 49.7 Å². The van der Waals surface area contributed by atoms with E-state index in [1.807, 2.05) is 38.1 Å². The van der Waals surface area contributed by atoms with Gasteiger partial charge in [-0.2, -0.15) is 0 Å². The molecule has 1 N–H and O–H groups in total. The maximum absolute atomic E-state index is 13.4. The van der Waals surface area contributed by atoms with Crippen molar-refractivity contribution < 1.29 is 23.8 Å². The molecule has 1 aliphatic heterocycles. The third kappa shape index (κ3) is 6.17. The summed E-state index contributed by atoms with van der Waals surface area (Å²) in [4.78, 5) is 28.1. The Bertz CT molecular complexity index is 1000. The van der Waals surface area contributed by atoms with Crippen molar-refractivity contribution in [3.05, 3.63) is 59.8 Å². The lowest BCUT2D eigenvalue weighted by Gasteiger charge is -2.16. The monoisotopic (exact) mass is 466 g/mol. The Labute approximate surface area is 201 Å². The van der Waals surface area contributed by atoms with Gasteiger partial charge < -0.3 is 19.5 Å². The fourth-order valence-electron chi connectivity index (χ4n) is 3.71. The van der Waals surface area contributed by atoms with Gasteiger partial charge in [0.1, 0.15) is 17.2 Å². The summed E-state index contributed by atoms with van der Waals surface area (Å²) in [5.74, 6) is 0.653. The number of para-hydroxylation sites is 2. The number of unbranched alkanes of at least 4 members (excludes halogenated alkanes) is 1. The second-order valence-corrected chi connectivity index (χ2v) is 7.84. The number of imide groups is 1. The number of amides is 2. The van der Waals surface area contributed by atoms with Crippen molar-refractivity contribution in [2.45, 2.75) is 40.0 Å². The second kappa shape index (κ2) is 12.8. The van der Waals surface area contributed by atoms with Gasteiger partial charge in [0.05, 0.1) is 24.5 Å². The third-order valence-electron chi connectivity index (χ3n) is 5.38. The van der Waals surface area contributed by atoms with Crippen LogP contribution in [-0.2, 0) is 14.3 Å². The van der Waals surface area contributed by atoms with Crippen LogP contribution in [0.25, 0.3) is 5.57 Å². The molecule has 7 heteroatoms. The molecule has 0 unspecified atom stereocenters. The van der Waals surface area contributed by atoms with Crippen LogP contribution < -0.4 is 14.8 Å². The zero-order valence-electron chi connectivity index (χ0n) is 20.3. The van der Waals surface area contributed by atoms with Gasteiger partial charge in [-0.05, 0) is 56.5 Å². The fourth-order valence-corrected chi connectivity index (χ4v) is 3.71. The molecule has 2 aromatic carbocycles. The van der Waals surface area contributed by atoms with Crippen LogP contribution in [0.3, 0.4) is 0 Å². The van der Waals surface area contributed by atoms with E-state index in [4.69, 9.17) is 14.2 Å². The molecule has 0 atom stereocenters. The summed E-state index contributed by atoms with van der Waals surface area (Å²) in [6.45, 7) is 8.45. The number of nitrogens with zero attached hydrogens (tertiary/aromatic N) is 1. The third-order valence-corrected chi connectivity index (χ3v) is 5.38. The molecule has 1 heterocycles. The number of benzene rings is 2. The highest BCUT2D eigenvalue weighted by Gasteiger charge is 2.39. The highest BCUT2D eigenvalue weighted by atomic mass is 16.5. The van der Waals surface area contributed by atoms with Crippen molar-refractivity contribution in [1.29, 1.82) is 0 Å². The lowest BCUT2D eigenvalue weighted by molar-refractivity contribution is -0.137. The highest BCUT2D eigenvalue weighted by molar-refractivity contribution is 6.36. The van der Waals surface area contributed by atoms with E-state index in [0.717, 1.165) is 12.8 Å². The average Bonchev–Trinajstić information content (AvgIpc) is 3.07. The number of hydrogen-bond acceptors (Lipinski definition) is 6. The number of carbonyl (C=O) groups is 2. The Morgan fingerprint density at radius 1 is 0.824 bits per heavy atom.